The molecule has 0 radical (unpaired) electrons. The second-order valence-corrected chi connectivity index (χ2v) is 3.98. The molecular weight excluding hydrogens is 268 g/mol. The number of oxime groups is 1. The van der Waals surface area contributed by atoms with Crippen molar-refractivity contribution in [1.29, 1.82) is 0 Å². The highest BCUT2D eigenvalue weighted by Crippen LogP contribution is 2.18. The molecule has 7 heteroatoms. The fourth-order valence-electron chi connectivity index (χ4n) is 1.42. The zero-order valence-corrected chi connectivity index (χ0v) is 10.6. The summed E-state index contributed by atoms with van der Waals surface area (Å²) in [6.45, 7) is 0.212. The Labute approximate surface area is 114 Å². The summed E-state index contributed by atoms with van der Waals surface area (Å²) in [5.74, 6) is 0.0139. The van der Waals surface area contributed by atoms with Crippen molar-refractivity contribution in [2.45, 2.75) is 6.61 Å². The molecule has 2 aromatic rings. The van der Waals surface area contributed by atoms with Gasteiger partial charge in [-0.2, -0.15) is 0 Å². The van der Waals surface area contributed by atoms with Gasteiger partial charge in [0.05, 0.1) is 0 Å². The molecule has 1 heterocycles. The fraction of sp³-hybridized carbons (Fsp3) is 0.0833. The van der Waals surface area contributed by atoms with Crippen LogP contribution in [0.15, 0.2) is 41.8 Å². The van der Waals surface area contributed by atoms with Gasteiger partial charge >= 0.3 is 0 Å². The second-order valence-electron chi connectivity index (χ2n) is 3.58. The number of rotatable bonds is 4. The van der Waals surface area contributed by atoms with Crippen LogP contribution in [0.25, 0.3) is 0 Å². The van der Waals surface area contributed by atoms with Crippen molar-refractivity contribution >= 4 is 17.4 Å². The van der Waals surface area contributed by atoms with Crippen LogP contribution in [0, 0.1) is 0 Å². The van der Waals surface area contributed by atoms with Gasteiger partial charge in [0.25, 0.3) is 0 Å². The van der Waals surface area contributed by atoms with Gasteiger partial charge < -0.3 is 15.7 Å². The van der Waals surface area contributed by atoms with E-state index in [2.05, 4.69) is 15.1 Å². The maximum atomic E-state index is 8.66. The molecule has 0 atom stereocenters. The van der Waals surface area contributed by atoms with Gasteiger partial charge in [-0.05, 0) is 6.07 Å². The third-order valence-electron chi connectivity index (χ3n) is 2.34. The molecule has 0 bridgehead atoms. The molecular formula is C12H11ClN4O2. The van der Waals surface area contributed by atoms with Crippen LogP contribution in [-0.4, -0.2) is 21.0 Å². The molecule has 2 rings (SSSR count). The predicted octanol–water partition coefficient (Wildman–Crippen LogP) is 1.80. The first-order valence-electron chi connectivity index (χ1n) is 5.37. The summed E-state index contributed by atoms with van der Waals surface area (Å²) in [6, 6.07) is 7.28. The highest BCUT2D eigenvalue weighted by atomic mass is 35.5. The van der Waals surface area contributed by atoms with E-state index in [9.17, 15) is 0 Å². The Balaban J connectivity index is 2.19. The first-order valence-corrected chi connectivity index (χ1v) is 5.75. The first kappa shape index (κ1) is 13.1. The summed E-state index contributed by atoms with van der Waals surface area (Å²) in [5.41, 5.74) is 6.47. The Hall–Kier alpha value is -2.34. The van der Waals surface area contributed by atoms with Gasteiger partial charge in [0.1, 0.15) is 6.61 Å². The molecule has 0 aliphatic rings. The predicted molar refractivity (Wildman–Crippen MR) is 70.3 cm³/mol. The van der Waals surface area contributed by atoms with Crippen molar-refractivity contribution < 1.29 is 9.94 Å². The maximum Gasteiger partial charge on any atom is 0.244 e. The van der Waals surface area contributed by atoms with E-state index in [-0.39, 0.29) is 24.0 Å². The quantitative estimate of drug-likeness (QED) is 0.385. The summed E-state index contributed by atoms with van der Waals surface area (Å²) in [4.78, 5) is 7.94. The van der Waals surface area contributed by atoms with Gasteiger partial charge in [0.2, 0.25) is 5.88 Å². The van der Waals surface area contributed by atoms with E-state index >= 15 is 0 Å². The van der Waals surface area contributed by atoms with Gasteiger partial charge in [-0.3, -0.25) is 0 Å². The highest BCUT2D eigenvalue weighted by molar-refractivity contribution is 6.31. The monoisotopic (exact) mass is 278 g/mol. The van der Waals surface area contributed by atoms with Gasteiger partial charge in [-0.15, -0.1) is 0 Å². The smallest absolute Gasteiger partial charge is 0.244 e. The van der Waals surface area contributed by atoms with Crippen LogP contribution in [0.1, 0.15) is 11.3 Å². The third-order valence-corrected chi connectivity index (χ3v) is 2.71. The highest BCUT2D eigenvalue weighted by Gasteiger charge is 2.11. The molecule has 0 aliphatic carbocycles. The molecule has 0 unspecified atom stereocenters. The van der Waals surface area contributed by atoms with Gasteiger partial charge in [0, 0.05) is 23.0 Å². The van der Waals surface area contributed by atoms with E-state index < -0.39 is 0 Å². The van der Waals surface area contributed by atoms with Gasteiger partial charge in [-0.25, -0.2) is 9.97 Å². The molecule has 1 aromatic heterocycles. The summed E-state index contributed by atoms with van der Waals surface area (Å²) in [6.07, 6.45) is 2.88. The topological polar surface area (TPSA) is 93.6 Å². The number of benzene rings is 1. The minimum Gasteiger partial charge on any atom is -0.471 e. The molecule has 0 saturated heterocycles. The summed E-state index contributed by atoms with van der Waals surface area (Å²) < 4.78 is 5.50. The number of hydrogen-bond acceptors (Lipinski definition) is 5. The van der Waals surface area contributed by atoms with Crippen LogP contribution in [0.5, 0.6) is 5.88 Å². The molecule has 0 saturated carbocycles. The van der Waals surface area contributed by atoms with Crippen LogP contribution in [-0.2, 0) is 6.61 Å². The standard InChI is InChI=1S/C12H11ClN4O2/c13-9-4-2-1-3-8(9)7-19-12-10(11(14)17-18)15-5-6-16-12/h1-6,18H,7H2,(H2,14,17). The first-order chi connectivity index (χ1) is 9.22. The normalized spacial score (nSPS) is 11.3. The molecule has 19 heavy (non-hydrogen) atoms. The molecule has 6 nitrogen and oxygen atoms in total. The number of nitrogens with two attached hydrogens (primary N) is 1. The van der Waals surface area contributed by atoms with Crippen LogP contribution in [0.3, 0.4) is 0 Å². The van der Waals surface area contributed by atoms with Crippen LogP contribution < -0.4 is 10.5 Å². The van der Waals surface area contributed by atoms with Crippen LogP contribution in [0.4, 0.5) is 0 Å². The molecule has 0 aliphatic heterocycles. The molecule has 0 fully saturated rings. The fourth-order valence-corrected chi connectivity index (χ4v) is 1.61. The molecule has 1 aromatic carbocycles. The number of aromatic nitrogens is 2. The third kappa shape index (κ3) is 3.11. The lowest BCUT2D eigenvalue weighted by Gasteiger charge is -2.09. The summed E-state index contributed by atoms with van der Waals surface area (Å²) in [7, 11) is 0. The van der Waals surface area contributed by atoms with Crippen LogP contribution in [0.2, 0.25) is 5.02 Å². The average Bonchev–Trinajstić information content (AvgIpc) is 2.46. The Morgan fingerprint density at radius 3 is 2.79 bits per heavy atom. The van der Waals surface area contributed by atoms with Crippen molar-refractivity contribution in [1.82, 2.24) is 9.97 Å². The Bertz CT molecular complexity index is 604. The van der Waals surface area contributed by atoms with E-state index in [0.717, 1.165) is 5.56 Å². The summed E-state index contributed by atoms with van der Waals surface area (Å²) >= 11 is 6.02. The molecule has 0 amide bonds. The average molecular weight is 279 g/mol. The van der Waals surface area contributed by atoms with E-state index in [1.807, 2.05) is 18.2 Å². The lowest BCUT2D eigenvalue weighted by atomic mass is 10.2. The number of ether oxygens (including phenoxy) is 1. The lowest BCUT2D eigenvalue weighted by Crippen LogP contribution is -2.17. The van der Waals surface area contributed by atoms with E-state index in [1.54, 1.807) is 6.07 Å². The summed E-state index contributed by atoms with van der Waals surface area (Å²) in [5, 5.41) is 12.1. The number of halogens is 1. The number of amidine groups is 1. The van der Waals surface area contributed by atoms with Gasteiger partial charge in [0.15, 0.2) is 11.5 Å². The zero-order chi connectivity index (χ0) is 13.7. The van der Waals surface area contributed by atoms with Gasteiger partial charge in [-0.1, -0.05) is 35.0 Å². The minimum atomic E-state index is -0.165. The zero-order valence-electron chi connectivity index (χ0n) is 9.82. The molecule has 3 N–H and O–H groups in total. The van der Waals surface area contributed by atoms with Crippen molar-refractivity contribution in [3.63, 3.8) is 0 Å². The van der Waals surface area contributed by atoms with E-state index in [0.29, 0.717) is 5.02 Å². The Kier molecular flexibility index (Phi) is 4.15. The lowest BCUT2D eigenvalue weighted by molar-refractivity contribution is 0.290. The molecule has 0 spiro atoms. The van der Waals surface area contributed by atoms with E-state index in [1.165, 1.54) is 12.4 Å². The van der Waals surface area contributed by atoms with Crippen molar-refractivity contribution in [2.24, 2.45) is 10.9 Å². The minimum absolute atomic E-state index is 0.165. The maximum absolute atomic E-state index is 8.66. The second kappa shape index (κ2) is 6.01. The van der Waals surface area contributed by atoms with Crippen molar-refractivity contribution in [2.75, 3.05) is 0 Å². The SMILES string of the molecule is N/C(=N/O)c1nccnc1OCc1ccccc1Cl. The Morgan fingerprint density at radius 2 is 2.05 bits per heavy atom. The Morgan fingerprint density at radius 1 is 1.32 bits per heavy atom. The van der Waals surface area contributed by atoms with Crippen LogP contribution >= 0.6 is 11.6 Å². The van der Waals surface area contributed by atoms with Crippen molar-refractivity contribution in [3.05, 3.63) is 52.9 Å². The molecule has 98 valence electrons. The van der Waals surface area contributed by atoms with Crippen molar-refractivity contribution in [3.8, 4) is 5.88 Å². The largest absolute Gasteiger partial charge is 0.471 e. The number of hydrogen-bond donors (Lipinski definition) is 2. The number of nitrogens with zero attached hydrogens (tertiary/aromatic N) is 3. The van der Waals surface area contributed by atoms with E-state index in [4.69, 9.17) is 27.3 Å².